The number of benzene rings is 2. The fourth-order valence-electron chi connectivity index (χ4n) is 4.99. The highest BCUT2D eigenvalue weighted by molar-refractivity contribution is 5.94. The summed E-state index contributed by atoms with van der Waals surface area (Å²) in [7, 11) is 0. The van der Waals surface area contributed by atoms with Crippen LogP contribution in [0.4, 0.5) is 4.39 Å². The first-order valence-electron chi connectivity index (χ1n) is 12.0. The van der Waals surface area contributed by atoms with Crippen LogP contribution < -0.4 is 0 Å². The fraction of sp³-hybridized carbons (Fsp3) is 0.519. The Morgan fingerprint density at radius 1 is 1.09 bits per heavy atom. The van der Waals surface area contributed by atoms with Crippen LogP contribution in [0.3, 0.4) is 0 Å². The second-order valence-electron chi connectivity index (χ2n) is 9.40. The Morgan fingerprint density at radius 3 is 2.62 bits per heavy atom. The molecule has 172 valence electrons. The average Bonchev–Trinajstić information content (AvgIpc) is 3.30. The quantitative estimate of drug-likeness (QED) is 0.520. The number of hydrogen-bond acceptors (Lipinski definition) is 4. The normalized spacial score (nSPS) is 20.2. The van der Waals surface area contributed by atoms with E-state index in [9.17, 15) is 9.18 Å². The van der Waals surface area contributed by atoms with Gasteiger partial charge in [-0.2, -0.15) is 0 Å². The Bertz CT molecular complexity index is 889. The number of carbonyl (C=O) groups is 1. The molecule has 1 atom stereocenters. The van der Waals surface area contributed by atoms with Crippen LogP contribution in [0, 0.1) is 11.7 Å². The van der Waals surface area contributed by atoms with Gasteiger partial charge in [-0.3, -0.25) is 14.6 Å². The number of halogens is 1. The first kappa shape index (κ1) is 23.1. The standard InChI is InChI=1S/C27H35FN2O2/c1-21(31)24-8-4-6-23(16-24)18-30(20-26-9-5-15-32-26)17-22-11-13-29(14-12-22)19-25-7-2-3-10-27(25)28/h2-4,6-8,10,16,22,26H,5,9,11-15,17-20H2,1H3/t26-/m0/s1. The molecule has 2 heterocycles. The van der Waals surface area contributed by atoms with Crippen molar-refractivity contribution in [1.82, 2.24) is 9.80 Å². The molecule has 0 amide bonds. The second kappa shape index (κ2) is 11.2. The van der Waals surface area contributed by atoms with Gasteiger partial charge in [0.1, 0.15) is 5.82 Å². The summed E-state index contributed by atoms with van der Waals surface area (Å²) in [6.07, 6.45) is 4.85. The Kier molecular flexibility index (Phi) is 8.06. The van der Waals surface area contributed by atoms with E-state index in [4.69, 9.17) is 4.74 Å². The lowest BCUT2D eigenvalue weighted by Crippen LogP contribution is -2.40. The van der Waals surface area contributed by atoms with Gasteiger partial charge in [0.05, 0.1) is 6.10 Å². The van der Waals surface area contributed by atoms with E-state index in [0.29, 0.717) is 18.6 Å². The molecule has 0 radical (unpaired) electrons. The molecule has 2 aromatic rings. The van der Waals surface area contributed by atoms with Crippen molar-refractivity contribution in [3.05, 3.63) is 71.0 Å². The smallest absolute Gasteiger partial charge is 0.159 e. The highest BCUT2D eigenvalue weighted by atomic mass is 19.1. The number of ether oxygens (including phenoxy) is 1. The molecular formula is C27H35FN2O2. The van der Waals surface area contributed by atoms with Gasteiger partial charge in [-0.25, -0.2) is 4.39 Å². The lowest BCUT2D eigenvalue weighted by atomic mass is 9.95. The predicted octanol–water partition coefficient (Wildman–Crippen LogP) is 4.92. The zero-order chi connectivity index (χ0) is 22.3. The molecule has 2 saturated heterocycles. The Hall–Kier alpha value is -2.08. The minimum Gasteiger partial charge on any atom is -0.377 e. The third kappa shape index (κ3) is 6.47. The second-order valence-corrected chi connectivity index (χ2v) is 9.40. The van der Waals surface area contributed by atoms with E-state index >= 15 is 0 Å². The molecule has 0 aromatic heterocycles. The number of rotatable bonds is 9. The molecule has 0 unspecified atom stereocenters. The molecule has 2 aromatic carbocycles. The molecule has 4 nitrogen and oxygen atoms in total. The van der Waals surface area contributed by atoms with Crippen molar-refractivity contribution in [2.45, 2.75) is 51.8 Å². The minimum absolute atomic E-state index is 0.106. The first-order chi connectivity index (χ1) is 15.6. The van der Waals surface area contributed by atoms with Gasteiger partial charge in [0, 0.05) is 43.9 Å². The lowest BCUT2D eigenvalue weighted by Gasteiger charge is -2.35. The molecular weight excluding hydrogens is 403 g/mol. The fourth-order valence-corrected chi connectivity index (χ4v) is 4.99. The van der Waals surface area contributed by atoms with Crippen molar-refractivity contribution in [2.24, 2.45) is 5.92 Å². The maximum atomic E-state index is 14.0. The topological polar surface area (TPSA) is 32.8 Å². The van der Waals surface area contributed by atoms with Crippen molar-refractivity contribution in [1.29, 1.82) is 0 Å². The maximum absolute atomic E-state index is 14.0. The molecule has 0 aliphatic carbocycles. The van der Waals surface area contributed by atoms with Crippen LogP contribution >= 0.6 is 0 Å². The molecule has 0 bridgehead atoms. The number of nitrogens with zero attached hydrogens (tertiary/aromatic N) is 2. The van der Waals surface area contributed by atoms with Gasteiger partial charge >= 0.3 is 0 Å². The molecule has 32 heavy (non-hydrogen) atoms. The van der Waals surface area contributed by atoms with Crippen molar-refractivity contribution >= 4 is 5.78 Å². The average molecular weight is 439 g/mol. The number of Topliss-reactive ketones (excluding diaryl/α,β-unsaturated/α-hetero) is 1. The van der Waals surface area contributed by atoms with E-state index in [2.05, 4.69) is 15.9 Å². The molecule has 5 heteroatoms. The van der Waals surface area contributed by atoms with Gasteiger partial charge in [-0.1, -0.05) is 36.4 Å². The van der Waals surface area contributed by atoms with E-state index < -0.39 is 0 Å². The SMILES string of the molecule is CC(=O)c1cccc(CN(CC2CCN(Cc3ccccc3F)CC2)C[C@@H]2CCCO2)c1. The van der Waals surface area contributed by atoms with E-state index in [-0.39, 0.29) is 11.6 Å². The van der Waals surface area contributed by atoms with Gasteiger partial charge < -0.3 is 4.74 Å². The lowest BCUT2D eigenvalue weighted by molar-refractivity contribution is 0.0569. The monoisotopic (exact) mass is 438 g/mol. The molecule has 0 saturated carbocycles. The molecule has 2 aliphatic rings. The minimum atomic E-state index is -0.106. The third-order valence-corrected chi connectivity index (χ3v) is 6.80. The summed E-state index contributed by atoms with van der Waals surface area (Å²) in [5.74, 6) is 0.633. The Labute approximate surface area is 191 Å². The zero-order valence-corrected chi connectivity index (χ0v) is 19.1. The van der Waals surface area contributed by atoms with Crippen LogP contribution in [0.2, 0.25) is 0 Å². The number of ketones is 1. The van der Waals surface area contributed by atoms with Gasteiger partial charge in [0.25, 0.3) is 0 Å². The first-order valence-corrected chi connectivity index (χ1v) is 12.0. The Morgan fingerprint density at radius 2 is 1.91 bits per heavy atom. The van der Waals surface area contributed by atoms with E-state index in [1.165, 1.54) is 5.56 Å². The van der Waals surface area contributed by atoms with Crippen LogP contribution in [-0.4, -0.2) is 54.5 Å². The summed E-state index contributed by atoms with van der Waals surface area (Å²) in [6.45, 7) is 8.02. The van der Waals surface area contributed by atoms with Gasteiger partial charge in [0.2, 0.25) is 0 Å². The molecule has 0 spiro atoms. The highest BCUT2D eigenvalue weighted by Crippen LogP contribution is 2.23. The molecule has 0 N–H and O–H groups in total. The summed E-state index contributed by atoms with van der Waals surface area (Å²) in [6, 6.07) is 15.1. The molecule has 2 fully saturated rings. The summed E-state index contributed by atoms with van der Waals surface area (Å²) in [5, 5.41) is 0. The van der Waals surface area contributed by atoms with Crippen molar-refractivity contribution in [3.8, 4) is 0 Å². The van der Waals surface area contributed by atoms with Crippen LogP contribution in [-0.2, 0) is 17.8 Å². The van der Waals surface area contributed by atoms with Crippen molar-refractivity contribution in [3.63, 3.8) is 0 Å². The number of hydrogen-bond donors (Lipinski definition) is 0. The molecule has 4 rings (SSSR count). The van der Waals surface area contributed by atoms with Crippen LogP contribution in [0.1, 0.15) is 54.1 Å². The van der Waals surface area contributed by atoms with E-state index in [1.54, 1.807) is 19.1 Å². The third-order valence-electron chi connectivity index (χ3n) is 6.80. The number of carbonyl (C=O) groups excluding carboxylic acids is 1. The Balaban J connectivity index is 1.34. The highest BCUT2D eigenvalue weighted by Gasteiger charge is 2.25. The predicted molar refractivity (Wildman–Crippen MR) is 125 cm³/mol. The van der Waals surface area contributed by atoms with Crippen LogP contribution in [0.25, 0.3) is 0 Å². The van der Waals surface area contributed by atoms with Gasteiger partial charge in [0.15, 0.2) is 5.78 Å². The van der Waals surface area contributed by atoms with Crippen LogP contribution in [0.5, 0.6) is 0 Å². The maximum Gasteiger partial charge on any atom is 0.159 e. The van der Waals surface area contributed by atoms with Gasteiger partial charge in [-0.05, 0) is 69.3 Å². The van der Waals surface area contributed by atoms with Crippen molar-refractivity contribution in [2.75, 3.05) is 32.8 Å². The summed E-state index contributed by atoms with van der Waals surface area (Å²) >= 11 is 0. The van der Waals surface area contributed by atoms with E-state index in [0.717, 1.165) is 76.1 Å². The largest absolute Gasteiger partial charge is 0.377 e. The number of piperidine rings is 1. The van der Waals surface area contributed by atoms with E-state index in [1.807, 2.05) is 30.3 Å². The summed E-state index contributed by atoms with van der Waals surface area (Å²) in [4.78, 5) is 16.7. The summed E-state index contributed by atoms with van der Waals surface area (Å²) in [5.41, 5.74) is 2.75. The summed E-state index contributed by atoms with van der Waals surface area (Å²) < 4.78 is 19.9. The number of likely N-dealkylation sites (tertiary alicyclic amines) is 1. The van der Waals surface area contributed by atoms with Crippen LogP contribution in [0.15, 0.2) is 48.5 Å². The van der Waals surface area contributed by atoms with Gasteiger partial charge in [-0.15, -0.1) is 0 Å². The molecule has 2 aliphatic heterocycles. The van der Waals surface area contributed by atoms with Crippen molar-refractivity contribution < 1.29 is 13.9 Å². The zero-order valence-electron chi connectivity index (χ0n) is 19.1.